The highest BCUT2D eigenvalue weighted by Crippen LogP contribution is 2.22. The minimum atomic E-state index is -0.478. The highest BCUT2D eigenvalue weighted by Gasteiger charge is 2.10. The third-order valence-electron chi connectivity index (χ3n) is 2.08. The van der Waals surface area contributed by atoms with Crippen molar-refractivity contribution < 1.29 is 5.11 Å². The molecule has 0 spiro atoms. The minimum Gasteiger partial charge on any atom is -0.388 e. The van der Waals surface area contributed by atoms with E-state index in [4.69, 9.17) is 0 Å². The Morgan fingerprint density at radius 1 is 1.47 bits per heavy atom. The van der Waals surface area contributed by atoms with Crippen LogP contribution < -0.4 is 0 Å². The van der Waals surface area contributed by atoms with Crippen molar-refractivity contribution in [2.24, 2.45) is 0 Å². The Hall–Kier alpha value is -0.710. The van der Waals surface area contributed by atoms with Gasteiger partial charge in [-0.05, 0) is 17.7 Å². The summed E-state index contributed by atoms with van der Waals surface area (Å²) in [7, 11) is 0. The summed E-state index contributed by atoms with van der Waals surface area (Å²) in [6.07, 6.45) is 1.86. The van der Waals surface area contributed by atoms with Crippen LogP contribution in [0.15, 0.2) is 40.3 Å². The fourth-order valence-corrected chi connectivity index (χ4v) is 2.42. The maximum absolute atomic E-state index is 9.96. The van der Waals surface area contributed by atoms with E-state index < -0.39 is 6.10 Å². The van der Waals surface area contributed by atoms with Gasteiger partial charge in [-0.1, -0.05) is 28.1 Å². The number of thiazole rings is 1. The summed E-state index contributed by atoms with van der Waals surface area (Å²) in [6.45, 7) is 0. The Kier molecular flexibility index (Phi) is 3.51. The van der Waals surface area contributed by atoms with Gasteiger partial charge in [0.15, 0.2) is 0 Å². The Labute approximate surface area is 101 Å². The Bertz CT molecular complexity index is 430. The lowest BCUT2D eigenvalue weighted by atomic mass is 10.1. The first-order valence-corrected chi connectivity index (χ1v) is 6.25. The Morgan fingerprint density at radius 2 is 2.33 bits per heavy atom. The molecule has 0 amide bonds. The van der Waals surface area contributed by atoms with Gasteiger partial charge in [0, 0.05) is 22.5 Å². The van der Waals surface area contributed by atoms with E-state index in [-0.39, 0.29) is 0 Å². The molecule has 1 aromatic heterocycles. The molecule has 1 N–H and O–H groups in total. The first-order valence-electron chi connectivity index (χ1n) is 4.57. The SMILES string of the molecule is OC(Cc1nccs1)c1cccc(Br)c1. The fraction of sp³-hybridized carbons (Fsp3) is 0.182. The van der Waals surface area contributed by atoms with E-state index in [0.29, 0.717) is 6.42 Å². The van der Waals surface area contributed by atoms with Gasteiger partial charge in [-0.25, -0.2) is 4.98 Å². The highest BCUT2D eigenvalue weighted by molar-refractivity contribution is 9.10. The number of aliphatic hydroxyl groups is 1. The second kappa shape index (κ2) is 4.88. The fourth-order valence-electron chi connectivity index (χ4n) is 1.35. The molecule has 78 valence electrons. The van der Waals surface area contributed by atoms with E-state index >= 15 is 0 Å². The van der Waals surface area contributed by atoms with E-state index in [2.05, 4.69) is 20.9 Å². The van der Waals surface area contributed by atoms with Crippen LogP contribution >= 0.6 is 27.3 Å². The van der Waals surface area contributed by atoms with Crippen molar-refractivity contribution in [1.29, 1.82) is 0 Å². The number of aliphatic hydroxyl groups excluding tert-OH is 1. The third kappa shape index (κ3) is 2.87. The molecule has 0 bridgehead atoms. The summed E-state index contributed by atoms with van der Waals surface area (Å²) in [6, 6.07) is 7.71. The summed E-state index contributed by atoms with van der Waals surface area (Å²) < 4.78 is 0.984. The molecule has 0 aliphatic heterocycles. The van der Waals surface area contributed by atoms with Crippen LogP contribution in [0.25, 0.3) is 0 Å². The van der Waals surface area contributed by atoms with Crippen molar-refractivity contribution in [2.75, 3.05) is 0 Å². The lowest BCUT2D eigenvalue weighted by molar-refractivity contribution is 0.178. The number of benzene rings is 1. The molecule has 1 heterocycles. The monoisotopic (exact) mass is 283 g/mol. The zero-order valence-electron chi connectivity index (χ0n) is 7.93. The molecular weight excluding hydrogens is 274 g/mol. The van der Waals surface area contributed by atoms with Gasteiger partial charge in [0.05, 0.1) is 11.1 Å². The second-order valence-electron chi connectivity index (χ2n) is 3.20. The number of hydrogen-bond donors (Lipinski definition) is 1. The normalized spacial score (nSPS) is 12.7. The average molecular weight is 284 g/mol. The topological polar surface area (TPSA) is 33.1 Å². The van der Waals surface area contributed by atoms with Crippen molar-refractivity contribution in [3.05, 3.63) is 50.9 Å². The molecule has 1 unspecified atom stereocenters. The van der Waals surface area contributed by atoms with Crippen LogP contribution in [0.4, 0.5) is 0 Å². The van der Waals surface area contributed by atoms with Crippen LogP contribution in [0.5, 0.6) is 0 Å². The van der Waals surface area contributed by atoms with E-state index in [9.17, 15) is 5.11 Å². The van der Waals surface area contributed by atoms with Crippen LogP contribution in [0.2, 0.25) is 0 Å². The van der Waals surface area contributed by atoms with Crippen LogP contribution in [-0.2, 0) is 6.42 Å². The minimum absolute atomic E-state index is 0.478. The first-order chi connectivity index (χ1) is 7.25. The second-order valence-corrected chi connectivity index (χ2v) is 5.10. The van der Waals surface area contributed by atoms with E-state index in [1.807, 2.05) is 29.6 Å². The molecule has 0 saturated heterocycles. The summed E-state index contributed by atoms with van der Waals surface area (Å²) in [4.78, 5) is 4.15. The molecule has 0 fully saturated rings. The van der Waals surface area contributed by atoms with Gasteiger partial charge in [-0.3, -0.25) is 0 Å². The van der Waals surface area contributed by atoms with Crippen molar-refractivity contribution in [1.82, 2.24) is 4.98 Å². The Morgan fingerprint density at radius 3 is 3.00 bits per heavy atom. The predicted molar refractivity (Wildman–Crippen MR) is 64.9 cm³/mol. The maximum Gasteiger partial charge on any atom is 0.0954 e. The van der Waals surface area contributed by atoms with Gasteiger partial charge in [0.2, 0.25) is 0 Å². The molecule has 2 rings (SSSR count). The molecule has 0 aliphatic carbocycles. The summed E-state index contributed by atoms with van der Waals surface area (Å²) in [5, 5.41) is 12.8. The number of aromatic nitrogens is 1. The zero-order valence-corrected chi connectivity index (χ0v) is 10.3. The van der Waals surface area contributed by atoms with Gasteiger partial charge < -0.3 is 5.11 Å². The van der Waals surface area contributed by atoms with E-state index in [0.717, 1.165) is 15.0 Å². The van der Waals surface area contributed by atoms with E-state index in [1.54, 1.807) is 17.5 Å². The molecule has 0 radical (unpaired) electrons. The molecular formula is C11H10BrNOS. The van der Waals surface area contributed by atoms with Crippen LogP contribution in [0, 0.1) is 0 Å². The molecule has 2 aromatic rings. The largest absolute Gasteiger partial charge is 0.388 e. The quantitative estimate of drug-likeness (QED) is 0.939. The molecule has 15 heavy (non-hydrogen) atoms. The van der Waals surface area contributed by atoms with E-state index in [1.165, 1.54) is 0 Å². The van der Waals surface area contributed by atoms with Gasteiger partial charge in [0.25, 0.3) is 0 Å². The van der Waals surface area contributed by atoms with Gasteiger partial charge in [-0.15, -0.1) is 11.3 Å². The first kappa shape index (κ1) is 10.8. The van der Waals surface area contributed by atoms with Crippen molar-refractivity contribution in [3.63, 3.8) is 0 Å². The van der Waals surface area contributed by atoms with Crippen molar-refractivity contribution in [3.8, 4) is 0 Å². The third-order valence-corrected chi connectivity index (χ3v) is 3.38. The number of rotatable bonds is 3. The van der Waals surface area contributed by atoms with Crippen LogP contribution in [0.3, 0.4) is 0 Å². The average Bonchev–Trinajstić information content (AvgIpc) is 2.70. The van der Waals surface area contributed by atoms with Crippen LogP contribution in [-0.4, -0.2) is 10.1 Å². The molecule has 1 aromatic carbocycles. The van der Waals surface area contributed by atoms with Gasteiger partial charge >= 0.3 is 0 Å². The standard InChI is InChI=1S/C11H10BrNOS/c12-9-3-1-2-8(6-9)10(14)7-11-13-4-5-15-11/h1-6,10,14H,7H2. The highest BCUT2D eigenvalue weighted by atomic mass is 79.9. The molecule has 1 atom stereocenters. The number of hydrogen-bond acceptors (Lipinski definition) is 3. The Balaban J connectivity index is 2.11. The van der Waals surface area contributed by atoms with Gasteiger partial charge in [0.1, 0.15) is 0 Å². The smallest absolute Gasteiger partial charge is 0.0954 e. The number of nitrogens with zero attached hydrogens (tertiary/aromatic N) is 1. The molecule has 0 aliphatic rings. The lowest BCUT2D eigenvalue weighted by Gasteiger charge is -2.09. The molecule has 2 nitrogen and oxygen atoms in total. The summed E-state index contributed by atoms with van der Waals surface area (Å²) in [5.74, 6) is 0. The lowest BCUT2D eigenvalue weighted by Crippen LogP contribution is -2.01. The maximum atomic E-state index is 9.96. The van der Waals surface area contributed by atoms with Gasteiger partial charge in [-0.2, -0.15) is 0 Å². The zero-order chi connectivity index (χ0) is 10.7. The van der Waals surface area contributed by atoms with Crippen molar-refractivity contribution in [2.45, 2.75) is 12.5 Å². The summed E-state index contributed by atoms with van der Waals surface area (Å²) in [5.41, 5.74) is 0.916. The van der Waals surface area contributed by atoms with Crippen LogP contribution in [0.1, 0.15) is 16.7 Å². The predicted octanol–water partition coefficient (Wildman–Crippen LogP) is 3.18. The molecule has 0 saturated carbocycles. The number of halogens is 1. The summed E-state index contributed by atoms with van der Waals surface area (Å²) >= 11 is 4.95. The van der Waals surface area contributed by atoms with Crippen molar-refractivity contribution >= 4 is 27.3 Å². The molecule has 4 heteroatoms.